The Labute approximate surface area is 210 Å². The molecule has 33 heavy (non-hydrogen) atoms. The van der Waals surface area contributed by atoms with E-state index in [0.717, 1.165) is 0 Å². The molecule has 0 saturated carbocycles. The fourth-order valence-corrected chi connectivity index (χ4v) is 21.8. The van der Waals surface area contributed by atoms with Crippen LogP contribution in [-0.4, -0.2) is 57.4 Å². The molecule has 2 aliphatic rings. The number of hydrogen-bond acceptors (Lipinski definition) is 4. The molecule has 0 N–H and O–H groups in total. The van der Waals surface area contributed by atoms with Gasteiger partial charge in [-0.05, 0) is 0 Å². The van der Waals surface area contributed by atoms with Gasteiger partial charge >= 0.3 is 211 Å². The second kappa shape index (κ2) is 12.1. The predicted octanol–water partition coefficient (Wildman–Crippen LogP) is 8.20. The number of rotatable bonds is 12. The Balaban J connectivity index is 2.51. The van der Waals surface area contributed by atoms with Crippen molar-refractivity contribution in [2.45, 2.75) is 149 Å². The summed E-state index contributed by atoms with van der Waals surface area (Å²) in [6, 6.07) is 0. The molecule has 4 nitrogen and oxygen atoms in total. The molecule has 1 saturated heterocycles. The molecule has 0 bridgehead atoms. The Hall–Kier alpha value is 0.436. The van der Waals surface area contributed by atoms with Crippen LogP contribution < -0.4 is 0 Å². The summed E-state index contributed by atoms with van der Waals surface area (Å²) < 4.78 is 32.1. The van der Waals surface area contributed by atoms with Crippen LogP contribution in [0, 0.1) is 0 Å². The summed E-state index contributed by atoms with van der Waals surface area (Å²) >= 11 is -2.72. The minimum absolute atomic E-state index is 0.0382. The number of fused-ring (bicyclic) bond motifs is 1. The van der Waals surface area contributed by atoms with Crippen LogP contribution in [0.5, 0.6) is 0 Å². The number of ether oxygens (including phenoxy) is 3. The molecule has 1 fully saturated rings. The van der Waals surface area contributed by atoms with E-state index in [0.29, 0.717) is 6.61 Å². The summed E-state index contributed by atoms with van der Waals surface area (Å²) in [6.45, 7) is 23.3. The standard InChI is InChI=1S/C15H27O4Si.3C4H9.Sn/c1-14(2,3)20(6,7)19-11-8-9-16-12-10-17-15(4,5)18-13(11)12;3*1-3-4-2;/h8,11-13H,10H2,1-7H3;3*1,3-4H2,2H3;/t11-,12-,13-;;;;/m1..../s1. The van der Waals surface area contributed by atoms with Crippen molar-refractivity contribution in [3.05, 3.63) is 9.85 Å². The van der Waals surface area contributed by atoms with Gasteiger partial charge in [0.2, 0.25) is 0 Å². The van der Waals surface area contributed by atoms with Gasteiger partial charge in [0.15, 0.2) is 0 Å². The molecule has 0 radical (unpaired) electrons. The summed E-state index contributed by atoms with van der Waals surface area (Å²) in [5.41, 5.74) is 0. The van der Waals surface area contributed by atoms with E-state index in [4.69, 9.17) is 18.6 Å². The van der Waals surface area contributed by atoms with Crippen LogP contribution in [0.25, 0.3) is 0 Å². The summed E-state index contributed by atoms with van der Waals surface area (Å²) in [5.74, 6) is -0.599. The van der Waals surface area contributed by atoms with E-state index in [1.54, 1.807) is 0 Å². The van der Waals surface area contributed by atoms with Crippen LogP contribution in [0.2, 0.25) is 31.4 Å². The van der Waals surface area contributed by atoms with Crippen LogP contribution in [0.15, 0.2) is 9.85 Å². The van der Waals surface area contributed by atoms with Crippen LogP contribution in [0.1, 0.15) is 93.9 Å². The van der Waals surface area contributed by atoms with Crippen molar-refractivity contribution in [3.8, 4) is 0 Å². The Morgan fingerprint density at radius 3 is 1.97 bits per heavy atom. The zero-order chi connectivity index (χ0) is 24.9. The molecule has 0 aromatic heterocycles. The van der Waals surface area contributed by atoms with Crippen molar-refractivity contribution in [1.82, 2.24) is 0 Å². The van der Waals surface area contributed by atoms with Gasteiger partial charge in [-0.25, -0.2) is 0 Å². The van der Waals surface area contributed by atoms with Gasteiger partial charge in [-0.2, -0.15) is 0 Å². The average molecular weight is 590 g/mol. The number of unbranched alkanes of at least 4 members (excludes halogenated alkanes) is 3. The third-order valence-electron chi connectivity index (χ3n) is 8.09. The third kappa shape index (κ3) is 7.71. The van der Waals surface area contributed by atoms with Crippen LogP contribution in [0.3, 0.4) is 0 Å². The van der Waals surface area contributed by atoms with Crippen molar-refractivity contribution < 1.29 is 18.6 Å². The first-order valence-corrected chi connectivity index (χ1v) is 24.1. The van der Waals surface area contributed by atoms with Gasteiger partial charge in [-0.1, -0.05) is 0 Å². The zero-order valence-electron chi connectivity index (χ0n) is 23.5. The third-order valence-corrected chi connectivity index (χ3v) is 27.6. The van der Waals surface area contributed by atoms with Crippen LogP contribution in [-0.2, 0) is 18.6 Å². The van der Waals surface area contributed by atoms with E-state index in [9.17, 15) is 0 Å². The second-order valence-corrected chi connectivity index (χ2v) is 30.2. The Kier molecular flexibility index (Phi) is 10.9. The quantitative estimate of drug-likeness (QED) is 0.215. The van der Waals surface area contributed by atoms with Gasteiger partial charge in [0.05, 0.1) is 0 Å². The van der Waals surface area contributed by atoms with E-state index >= 15 is 0 Å². The van der Waals surface area contributed by atoms with Gasteiger partial charge in [0.1, 0.15) is 0 Å². The Morgan fingerprint density at radius 1 is 1.00 bits per heavy atom. The molecular formula is C27H54O4SiSn. The maximum absolute atomic E-state index is 7.08. The van der Waals surface area contributed by atoms with E-state index in [2.05, 4.69) is 60.7 Å². The molecule has 0 aromatic rings. The molecule has 0 amide bonds. The molecular weight excluding hydrogens is 535 g/mol. The summed E-state index contributed by atoms with van der Waals surface area (Å²) in [4.78, 5) is 0. The van der Waals surface area contributed by atoms with Crippen molar-refractivity contribution in [2.75, 3.05) is 6.61 Å². The van der Waals surface area contributed by atoms with Crippen molar-refractivity contribution in [2.24, 2.45) is 0 Å². The molecule has 194 valence electrons. The Morgan fingerprint density at radius 2 is 1.52 bits per heavy atom. The van der Waals surface area contributed by atoms with E-state index in [1.165, 1.54) is 55.6 Å². The second-order valence-electron chi connectivity index (χ2n) is 12.4. The molecule has 2 aliphatic heterocycles. The van der Waals surface area contributed by atoms with Crippen molar-refractivity contribution >= 4 is 26.7 Å². The van der Waals surface area contributed by atoms with E-state index in [-0.39, 0.29) is 23.4 Å². The van der Waals surface area contributed by atoms with Gasteiger partial charge in [-0.3, -0.25) is 0 Å². The van der Waals surface area contributed by atoms with Gasteiger partial charge in [0, 0.05) is 0 Å². The van der Waals surface area contributed by atoms with Crippen molar-refractivity contribution in [1.29, 1.82) is 0 Å². The topological polar surface area (TPSA) is 36.9 Å². The van der Waals surface area contributed by atoms with Crippen molar-refractivity contribution in [3.63, 3.8) is 0 Å². The van der Waals surface area contributed by atoms with Crippen LogP contribution in [0.4, 0.5) is 0 Å². The fourth-order valence-electron chi connectivity index (χ4n) is 4.85. The first kappa shape index (κ1) is 29.7. The summed E-state index contributed by atoms with van der Waals surface area (Å²) in [6.07, 6.45) is 10.0. The summed E-state index contributed by atoms with van der Waals surface area (Å²) in [7, 11) is -1.98. The molecule has 2 rings (SSSR count). The Bertz CT molecular complexity index is 619. The maximum atomic E-state index is 7.08. The minimum atomic E-state index is -2.72. The monoisotopic (exact) mass is 590 g/mol. The fraction of sp³-hybridized carbons (Fsp3) is 0.926. The normalized spacial score (nSPS) is 25.9. The van der Waals surface area contributed by atoms with E-state index in [1.807, 2.05) is 13.8 Å². The summed E-state index contributed by atoms with van der Waals surface area (Å²) in [5, 5.41) is 0.155. The van der Waals surface area contributed by atoms with Gasteiger partial charge in [-0.15, -0.1) is 0 Å². The molecule has 0 spiro atoms. The average Bonchev–Trinajstić information content (AvgIpc) is 2.72. The first-order valence-electron chi connectivity index (χ1n) is 13.7. The molecule has 2 heterocycles. The molecule has 0 aliphatic carbocycles. The van der Waals surface area contributed by atoms with E-state index < -0.39 is 32.5 Å². The predicted molar refractivity (Wildman–Crippen MR) is 145 cm³/mol. The van der Waals surface area contributed by atoms with Crippen LogP contribution >= 0.6 is 0 Å². The molecule has 0 unspecified atom stereocenters. The zero-order valence-corrected chi connectivity index (χ0v) is 27.4. The molecule has 3 atom stereocenters. The molecule has 6 heteroatoms. The van der Waals surface area contributed by atoms with Gasteiger partial charge < -0.3 is 0 Å². The number of hydrogen-bond donors (Lipinski definition) is 0. The first-order chi connectivity index (χ1) is 15.3. The SMILES string of the molecule is CCC[CH2][Sn]([CH2]CCC)([CH2]CCC)[C]1=C[C@@H](O[Si](C)(C)C(C)(C)C)[C@H]2OC(C)(C)OC[C@H]2O1. The molecule has 0 aromatic carbocycles. The van der Waals surface area contributed by atoms with Gasteiger partial charge in [0.25, 0.3) is 0 Å².